The second kappa shape index (κ2) is 8.71. The van der Waals surface area contributed by atoms with Gasteiger partial charge in [-0.15, -0.1) is 0 Å². The Hall–Kier alpha value is -3.04. The van der Waals surface area contributed by atoms with Gasteiger partial charge in [0.05, 0.1) is 5.56 Å². The molecule has 0 atom stereocenters. The van der Waals surface area contributed by atoms with E-state index >= 15 is 0 Å². The van der Waals surface area contributed by atoms with E-state index in [1.807, 2.05) is 6.07 Å². The summed E-state index contributed by atoms with van der Waals surface area (Å²) in [5.41, 5.74) is 1.58. The van der Waals surface area contributed by atoms with Gasteiger partial charge in [0.1, 0.15) is 11.8 Å². The molecule has 1 N–H and O–H groups in total. The molecule has 0 bridgehead atoms. The SMILES string of the molecule is Cc1c(Cl)cccc1NC(=O)COC(=O)COc1ccccc1C#N. The maximum Gasteiger partial charge on any atom is 0.344 e. The molecule has 0 radical (unpaired) electrons. The van der Waals surface area contributed by atoms with Crippen LogP contribution in [0.4, 0.5) is 5.69 Å². The number of ether oxygens (including phenoxy) is 2. The summed E-state index contributed by atoms with van der Waals surface area (Å²) in [5.74, 6) is -0.928. The van der Waals surface area contributed by atoms with Crippen LogP contribution in [-0.4, -0.2) is 25.1 Å². The minimum atomic E-state index is -0.717. The molecule has 0 aliphatic carbocycles. The standard InChI is InChI=1S/C18H15ClN2O4/c1-12-14(19)6-4-7-15(12)21-17(22)10-25-18(23)11-24-16-8-3-2-5-13(16)9-20/h2-8H,10-11H2,1H3,(H,21,22). The van der Waals surface area contributed by atoms with Crippen molar-refractivity contribution in [2.45, 2.75) is 6.92 Å². The van der Waals surface area contributed by atoms with Crippen molar-refractivity contribution in [1.29, 1.82) is 5.26 Å². The summed E-state index contributed by atoms with van der Waals surface area (Å²) in [6.07, 6.45) is 0. The van der Waals surface area contributed by atoms with Gasteiger partial charge in [0.25, 0.3) is 5.91 Å². The molecule has 128 valence electrons. The summed E-state index contributed by atoms with van der Waals surface area (Å²) in [5, 5.41) is 12.1. The number of nitrogens with zero attached hydrogens (tertiary/aromatic N) is 1. The third-order valence-electron chi connectivity index (χ3n) is 3.26. The Morgan fingerprint density at radius 3 is 2.68 bits per heavy atom. The molecule has 0 aliphatic heterocycles. The van der Waals surface area contributed by atoms with Crippen molar-refractivity contribution in [2.24, 2.45) is 0 Å². The second-order valence-corrected chi connectivity index (χ2v) is 5.43. The molecule has 0 unspecified atom stereocenters. The third kappa shape index (κ3) is 5.23. The summed E-state index contributed by atoms with van der Waals surface area (Å²) in [6.45, 7) is 0.917. The minimum Gasteiger partial charge on any atom is -0.481 e. The Kier molecular flexibility index (Phi) is 6.38. The van der Waals surface area contributed by atoms with Gasteiger partial charge in [0.15, 0.2) is 13.2 Å². The Balaban J connectivity index is 1.81. The smallest absolute Gasteiger partial charge is 0.344 e. The van der Waals surface area contributed by atoms with E-state index in [1.165, 1.54) is 0 Å². The minimum absolute atomic E-state index is 0.279. The van der Waals surface area contributed by atoms with E-state index < -0.39 is 25.1 Å². The van der Waals surface area contributed by atoms with Crippen molar-refractivity contribution in [2.75, 3.05) is 18.5 Å². The highest BCUT2D eigenvalue weighted by molar-refractivity contribution is 6.31. The zero-order chi connectivity index (χ0) is 18.2. The van der Waals surface area contributed by atoms with Crippen LogP contribution in [0.25, 0.3) is 0 Å². The van der Waals surface area contributed by atoms with Gasteiger partial charge in [-0.2, -0.15) is 5.26 Å². The van der Waals surface area contributed by atoms with E-state index in [0.717, 1.165) is 5.56 Å². The largest absolute Gasteiger partial charge is 0.481 e. The number of amides is 1. The highest BCUT2D eigenvalue weighted by Crippen LogP contribution is 2.22. The van der Waals surface area contributed by atoms with Crippen LogP contribution in [-0.2, 0) is 14.3 Å². The lowest BCUT2D eigenvalue weighted by molar-refractivity contribution is -0.149. The first-order valence-electron chi connectivity index (χ1n) is 7.33. The first kappa shape index (κ1) is 18.3. The summed E-state index contributed by atoms with van der Waals surface area (Å²) in [6, 6.07) is 13.6. The van der Waals surface area contributed by atoms with E-state index in [4.69, 9.17) is 26.3 Å². The summed E-state index contributed by atoms with van der Waals surface area (Å²) in [7, 11) is 0. The number of nitriles is 1. The lowest BCUT2D eigenvalue weighted by Crippen LogP contribution is -2.24. The van der Waals surface area contributed by atoms with E-state index in [9.17, 15) is 9.59 Å². The number of anilines is 1. The Labute approximate surface area is 149 Å². The van der Waals surface area contributed by atoms with Gasteiger partial charge in [-0.25, -0.2) is 4.79 Å². The molecule has 0 saturated carbocycles. The van der Waals surface area contributed by atoms with Crippen LogP contribution in [0, 0.1) is 18.3 Å². The van der Waals surface area contributed by atoms with Crippen molar-refractivity contribution < 1.29 is 19.1 Å². The van der Waals surface area contributed by atoms with E-state index in [0.29, 0.717) is 16.3 Å². The fraction of sp³-hybridized carbons (Fsp3) is 0.167. The Morgan fingerprint density at radius 1 is 1.16 bits per heavy atom. The normalized spacial score (nSPS) is 9.80. The van der Waals surface area contributed by atoms with Gasteiger partial charge in [-0.05, 0) is 36.8 Å². The highest BCUT2D eigenvalue weighted by Gasteiger charge is 2.11. The number of benzene rings is 2. The number of halogens is 1. The van der Waals surface area contributed by atoms with Crippen LogP contribution >= 0.6 is 11.6 Å². The molecular formula is C18H15ClN2O4. The van der Waals surface area contributed by atoms with Gasteiger partial charge < -0.3 is 14.8 Å². The molecule has 7 heteroatoms. The fourth-order valence-electron chi connectivity index (χ4n) is 1.94. The maximum absolute atomic E-state index is 11.8. The molecule has 2 aromatic carbocycles. The van der Waals surface area contributed by atoms with Crippen LogP contribution in [0.3, 0.4) is 0 Å². The molecule has 0 heterocycles. The van der Waals surface area contributed by atoms with Crippen LogP contribution < -0.4 is 10.1 Å². The van der Waals surface area contributed by atoms with Gasteiger partial charge in [-0.3, -0.25) is 4.79 Å². The number of hydrogen-bond donors (Lipinski definition) is 1. The maximum atomic E-state index is 11.8. The lowest BCUT2D eigenvalue weighted by atomic mass is 10.2. The molecular weight excluding hydrogens is 344 g/mol. The number of hydrogen-bond acceptors (Lipinski definition) is 5. The highest BCUT2D eigenvalue weighted by atomic mass is 35.5. The van der Waals surface area contributed by atoms with Gasteiger partial charge in [0.2, 0.25) is 0 Å². The molecule has 2 aromatic rings. The van der Waals surface area contributed by atoms with Crippen LogP contribution in [0.15, 0.2) is 42.5 Å². The van der Waals surface area contributed by atoms with Crippen molar-refractivity contribution in [3.8, 4) is 11.8 Å². The lowest BCUT2D eigenvalue weighted by Gasteiger charge is -2.10. The second-order valence-electron chi connectivity index (χ2n) is 5.02. The predicted molar refractivity (Wildman–Crippen MR) is 92.4 cm³/mol. The van der Waals surface area contributed by atoms with Crippen LogP contribution in [0.1, 0.15) is 11.1 Å². The zero-order valence-electron chi connectivity index (χ0n) is 13.4. The van der Waals surface area contributed by atoms with E-state index in [1.54, 1.807) is 49.4 Å². The average molecular weight is 359 g/mol. The first-order chi connectivity index (χ1) is 12.0. The number of esters is 1. The van der Waals surface area contributed by atoms with Crippen molar-refractivity contribution in [3.63, 3.8) is 0 Å². The van der Waals surface area contributed by atoms with E-state index in [2.05, 4.69) is 5.32 Å². The van der Waals surface area contributed by atoms with Crippen molar-refractivity contribution >= 4 is 29.2 Å². The summed E-state index contributed by atoms with van der Waals surface area (Å²) in [4.78, 5) is 23.5. The van der Waals surface area contributed by atoms with Gasteiger partial charge in [-0.1, -0.05) is 29.8 Å². The molecule has 0 aliphatic rings. The quantitative estimate of drug-likeness (QED) is 0.801. The number of nitrogens with one attached hydrogen (secondary N) is 1. The third-order valence-corrected chi connectivity index (χ3v) is 3.67. The molecule has 6 nitrogen and oxygen atoms in total. The molecule has 1 amide bonds. The summed E-state index contributed by atoms with van der Waals surface area (Å²) < 4.78 is 10.1. The average Bonchev–Trinajstić information content (AvgIpc) is 2.62. The van der Waals surface area contributed by atoms with Crippen LogP contribution in [0.5, 0.6) is 5.75 Å². The predicted octanol–water partition coefficient (Wildman–Crippen LogP) is 3.08. The first-order valence-corrected chi connectivity index (χ1v) is 7.71. The molecule has 0 spiro atoms. The molecule has 25 heavy (non-hydrogen) atoms. The van der Waals surface area contributed by atoms with Gasteiger partial charge in [0, 0.05) is 10.7 Å². The van der Waals surface area contributed by atoms with Crippen molar-refractivity contribution in [1.82, 2.24) is 0 Å². The zero-order valence-corrected chi connectivity index (χ0v) is 14.2. The van der Waals surface area contributed by atoms with Gasteiger partial charge >= 0.3 is 5.97 Å². The van der Waals surface area contributed by atoms with E-state index in [-0.39, 0.29) is 5.75 Å². The van der Waals surface area contributed by atoms with Crippen molar-refractivity contribution in [3.05, 3.63) is 58.6 Å². The monoisotopic (exact) mass is 358 g/mol. The molecule has 0 saturated heterocycles. The number of para-hydroxylation sites is 1. The molecule has 0 fully saturated rings. The molecule has 0 aromatic heterocycles. The Morgan fingerprint density at radius 2 is 1.92 bits per heavy atom. The Bertz CT molecular complexity index is 830. The van der Waals surface area contributed by atoms with Crippen LogP contribution in [0.2, 0.25) is 5.02 Å². The number of rotatable bonds is 6. The topological polar surface area (TPSA) is 88.4 Å². The summed E-state index contributed by atoms with van der Waals surface area (Å²) >= 11 is 5.97. The molecule has 2 rings (SSSR count). The number of carbonyl (C=O) groups excluding carboxylic acids is 2. The fourth-order valence-corrected chi connectivity index (χ4v) is 2.11. The number of carbonyl (C=O) groups is 2.